The van der Waals surface area contributed by atoms with E-state index in [1.165, 1.54) is 0 Å². The molecular weight excluding hydrogens is 470 g/mol. The molecule has 0 amide bonds. The zero-order chi connectivity index (χ0) is 26.3. The molecule has 2 N–H and O–H groups in total. The minimum absolute atomic E-state index is 0.141. The molecule has 4 rings (SSSR count). The number of phenolic OH excluding ortho intramolecular Hbond substituents is 1. The average molecular weight is 504 g/mol. The zero-order valence-corrected chi connectivity index (χ0v) is 22.4. The number of hydrogen-bond donors (Lipinski definition) is 2. The van der Waals surface area contributed by atoms with Gasteiger partial charge in [-0.2, -0.15) is 5.10 Å². The van der Waals surface area contributed by atoms with Gasteiger partial charge >= 0.3 is 0 Å². The van der Waals surface area contributed by atoms with Crippen LogP contribution in [0.3, 0.4) is 0 Å². The van der Waals surface area contributed by atoms with E-state index in [0.29, 0.717) is 16.8 Å². The number of sulfonamides is 1. The molecule has 0 unspecified atom stereocenters. The van der Waals surface area contributed by atoms with Gasteiger partial charge in [-0.1, -0.05) is 71.9 Å². The van der Waals surface area contributed by atoms with Crippen LogP contribution < -0.4 is 4.72 Å². The molecule has 0 spiro atoms. The van der Waals surface area contributed by atoms with Gasteiger partial charge in [0.1, 0.15) is 5.75 Å². The number of aromatic nitrogens is 2. The Morgan fingerprint density at radius 3 is 1.89 bits per heavy atom. The molecule has 0 radical (unpaired) electrons. The van der Waals surface area contributed by atoms with Crippen molar-refractivity contribution in [1.29, 1.82) is 0 Å². The van der Waals surface area contributed by atoms with Crippen molar-refractivity contribution in [1.82, 2.24) is 9.78 Å². The maximum atomic E-state index is 13.3. The minimum Gasteiger partial charge on any atom is -0.507 e. The Kier molecular flexibility index (Phi) is 6.47. The molecule has 36 heavy (non-hydrogen) atoms. The molecule has 0 saturated carbocycles. The van der Waals surface area contributed by atoms with Crippen molar-refractivity contribution in [2.75, 3.05) is 4.72 Å². The number of nitrogens with zero attached hydrogens (tertiary/aromatic N) is 2. The highest BCUT2D eigenvalue weighted by Gasteiger charge is 2.27. The number of benzene rings is 3. The van der Waals surface area contributed by atoms with Gasteiger partial charge in [-0.15, -0.1) is 0 Å². The Hall–Kier alpha value is -3.58. The van der Waals surface area contributed by atoms with E-state index in [2.05, 4.69) is 9.82 Å². The molecule has 0 atom stereocenters. The molecule has 188 valence electrons. The van der Waals surface area contributed by atoms with E-state index in [-0.39, 0.29) is 21.5 Å². The third-order valence-electron chi connectivity index (χ3n) is 6.08. The first-order valence-electron chi connectivity index (χ1n) is 11.9. The van der Waals surface area contributed by atoms with Gasteiger partial charge in [0.05, 0.1) is 22.5 Å². The average Bonchev–Trinajstić information content (AvgIpc) is 3.29. The molecule has 6 nitrogen and oxygen atoms in total. The van der Waals surface area contributed by atoms with Crippen molar-refractivity contribution in [2.24, 2.45) is 0 Å². The van der Waals surface area contributed by atoms with Gasteiger partial charge in [-0.05, 0) is 53.3 Å². The number of nitrogens with one attached hydrogen (secondary N) is 1. The van der Waals surface area contributed by atoms with Crippen LogP contribution in [0.5, 0.6) is 5.75 Å². The van der Waals surface area contributed by atoms with Gasteiger partial charge in [-0.25, -0.2) is 13.1 Å². The lowest BCUT2D eigenvalue weighted by Gasteiger charge is -2.28. The highest BCUT2D eigenvalue weighted by Crippen LogP contribution is 2.41. The largest absolute Gasteiger partial charge is 0.507 e. The molecular formula is C29H33N3O3S. The van der Waals surface area contributed by atoms with E-state index < -0.39 is 10.0 Å². The van der Waals surface area contributed by atoms with Crippen LogP contribution in [0, 0.1) is 0 Å². The van der Waals surface area contributed by atoms with Crippen LogP contribution in [-0.4, -0.2) is 23.3 Å². The van der Waals surface area contributed by atoms with Crippen LogP contribution in [0.2, 0.25) is 0 Å². The van der Waals surface area contributed by atoms with E-state index in [0.717, 1.165) is 16.9 Å². The first kappa shape index (κ1) is 25.5. The smallest absolute Gasteiger partial charge is 0.261 e. The SMILES string of the molecule is CC(C)(C)c1cc(NS(=O)(=O)c2ccc(-n3nccc3-c3ccccc3)cc2)cc(C(C)(C)C)c1O. The van der Waals surface area contributed by atoms with Gasteiger partial charge in [-0.3, -0.25) is 4.72 Å². The van der Waals surface area contributed by atoms with Crippen molar-refractivity contribution in [3.8, 4) is 22.7 Å². The standard InChI is InChI=1S/C29H33N3O3S/c1-28(2,3)24-18-21(19-25(27(24)33)29(4,5)6)31-36(34,35)23-14-12-22(13-15-23)32-26(16-17-30-32)20-10-8-7-9-11-20/h7-19,31,33H,1-6H3. The number of anilines is 1. The summed E-state index contributed by atoms with van der Waals surface area (Å²) in [7, 11) is -3.86. The monoisotopic (exact) mass is 503 g/mol. The minimum atomic E-state index is -3.86. The quantitative estimate of drug-likeness (QED) is 0.299. The van der Waals surface area contributed by atoms with Crippen molar-refractivity contribution in [3.63, 3.8) is 0 Å². The molecule has 0 aliphatic heterocycles. The van der Waals surface area contributed by atoms with Gasteiger partial charge in [0.15, 0.2) is 0 Å². The molecule has 1 aromatic heterocycles. The third-order valence-corrected chi connectivity index (χ3v) is 7.48. The molecule has 4 aromatic rings. The first-order chi connectivity index (χ1) is 16.8. The fourth-order valence-electron chi connectivity index (χ4n) is 4.15. The number of hydrogen-bond acceptors (Lipinski definition) is 4. The molecule has 0 fully saturated rings. The Balaban J connectivity index is 1.67. The maximum absolute atomic E-state index is 13.3. The predicted molar refractivity (Wildman–Crippen MR) is 145 cm³/mol. The van der Waals surface area contributed by atoms with Crippen LogP contribution in [-0.2, 0) is 20.9 Å². The molecule has 0 aliphatic carbocycles. The lowest BCUT2D eigenvalue weighted by molar-refractivity contribution is 0.423. The number of phenols is 1. The van der Waals surface area contributed by atoms with Gasteiger partial charge in [0, 0.05) is 22.4 Å². The van der Waals surface area contributed by atoms with Crippen LogP contribution in [0.25, 0.3) is 16.9 Å². The van der Waals surface area contributed by atoms with E-state index in [1.54, 1.807) is 47.3 Å². The summed E-state index contributed by atoms with van der Waals surface area (Å²) in [5, 5.41) is 15.4. The second-order valence-corrected chi connectivity index (χ2v) is 12.7. The van der Waals surface area contributed by atoms with Crippen LogP contribution in [0.1, 0.15) is 52.7 Å². The normalized spacial score (nSPS) is 12.5. The van der Waals surface area contributed by atoms with Crippen LogP contribution in [0.15, 0.2) is 83.9 Å². The predicted octanol–water partition coefficient (Wildman–Crippen LogP) is 6.64. The Labute approximate surface area is 213 Å². The zero-order valence-electron chi connectivity index (χ0n) is 21.6. The molecule has 0 aliphatic rings. The summed E-state index contributed by atoms with van der Waals surface area (Å²) in [5.74, 6) is 0.204. The van der Waals surface area contributed by atoms with Crippen LogP contribution in [0.4, 0.5) is 5.69 Å². The van der Waals surface area contributed by atoms with E-state index >= 15 is 0 Å². The summed E-state index contributed by atoms with van der Waals surface area (Å²) in [6.07, 6.45) is 1.72. The number of aromatic hydroxyl groups is 1. The van der Waals surface area contributed by atoms with Crippen molar-refractivity contribution < 1.29 is 13.5 Å². The summed E-state index contributed by atoms with van der Waals surface area (Å²) in [6, 6.07) is 21.9. The summed E-state index contributed by atoms with van der Waals surface area (Å²) < 4.78 is 31.1. The molecule has 1 heterocycles. The van der Waals surface area contributed by atoms with E-state index in [9.17, 15) is 13.5 Å². The summed E-state index contributed by atoms with van der Waals surface area (Å²) in [5.41, 5.74) is 3.76. The summed E-state index contributed by atoms with van der Waals surface area (Å²) >= 11 is 0. The molecule has 7 heteroatoms. The third kappa shape index (κ3) is 5.16. The highest BCUT2D eigenvalue weighted by molar-refractivity contribution is 7.92. The molecule has 0 saturated heterocycles. The fraction of sp³-hybridized carbons (Fsp3) is 0.276. The van der Waals surface area contributed by atoms with E-state index in [1.807, 2.05) is 77.9 Å². The molecule has 3 aromatic carbocycles. The number of rotatable bonds is 5. The Morgan fingerprint density at radius 1 is 0.806 bits per heavy atom. The van der Waals surface area contributed by atoms with Crippen molar-refractivity contribution in [2.45, 2.75) is 57.3 Å². The lowest BCUT2D eigenvalue weighted by Crippen LogP contribution is -2.19. The summed E-state index contributed by atoms with van der Waals surface area (Å²) in [4.78, 5) is 0.141. The van der Waals surface area contributed by atoms with Gasteiger partial charge in [0.25, 0.3) is 10.0 Å². The molecule has 0 bridgehead atoms. The Bertz CT molecular complexity index is 1440. The van der Waals surface area contributed by atoms with Crippen molar-refractivity contribution in [3.05, 3.63) is 90.1 Å². The Morgan fingerprint density at radius 2 is 1.36 bits per heavy atom. The van der Waals surface area contributed by atoms with Gasteiger partial charge in [0.2, 0.25) is 0 Å². The maximum Gasteiger partial charge on any atom is 0.261 e. The second kappa shape index (κ2) is 9.13. The van der Waals surface area contributed by atoms with Crippen molar-refractivity contribution >= 4 is 15.7 Å². The van der Waals surface area contributed by atoms with Gasteiger partial charge < -0.3 is 5.11 Å². The fourth-order valence-corrected chi connectivity index (χ4v) is 5.19. The summed E-state index contributed by atoms with van der Waals surface area (Å²) in [6.45, 7) is 11.9. The van der Waals surface area contributed by atoms with Crippen LogP contribution >= 0.6 is 0 Å². The lowest BCUT2D eigenvalue weighted by atomic mass is 9.79. The highest BCUT2D eigenvalue weighted by atomic mass is 32.2. The second-order valence-electron chi connectivity index (χ2n) is 11.0. The van der Waals surface area contributed by atoms with E-state index in [4.69, 9.17) is 0 Å². The topological polar surface area (TPSA) is 84.2 Å². The first-order valence-corrected chi connectivity index (χ1v) is 13.4.